The predicted molar refractivity (Wildman–Crippen MR) is 114 cm³/mol. The molecule has 0 aromatic rings. The predicted octanol–water partition coefficient (Wildman–Crippen LogP) is 6.41. The van der Waals surface area contributed by atoms with E-state index in [1.165, 1.54) is 103 Å². The normalized spacial score (nSPS) is 11.4. The van der Waals surface area contributed by atoms with Crippen molar-refractivity contribution < 1.29 is 9.22 Å². The first-order valence-electron chi connectivity index (χ1n) is 11.0. The van der Waals surface area contributed by atoms with Crippen molar-refractivity contribution >= 4 is 16.5 Å². The van der Waals surface area contributed by atoms with E-state index >= 15 is 0 Å². The summed E-state index contributed by atoms with van der Waals surface area (Å²) in [7, 11) is 0.540. The molecule has 25 heavy (non-hydrogen) atoms. The maximum Gasteiger partial charge on any atom is 0.291 e. The maximum absolute atomic E-state index is 11.0. The van der Waals surface area contributed by atoms with Gasteiger partial charge >= 0.3 is 0 Å². The first-order chi connectivity index (χ1) is 12.3. The Kier molecular flexibility index (Phi) is 21.0. The lowest BCUT2D eigenvalue weighted by Gasteiger charge is -2.02. The molecular formula is C22H44O2Si. The van der Waals surface area contributed by atoms with Gasteiger partial charge in [-0.05, 0) is 32.1 Å². The van der Waals surface area contributed by atoms with Gasteiger partial charge in [0, 0.05) is 6.42 Å². The second kappa shape index (κ2) is 21.5. The van der Waals surface area contributed by atoms with Crippen LogP contribution >= 0.6 is 0 Å². The van der Waals surface area contributed by atoms with Crippen molar-refractivity contribution in [2.45, 2.75) is 122 Å². The van der Waals surface area contributed by atoms with Crippen LogP contribution in [-0.4, -0.2) is 16.5 Å². The summed E-state index contributed by atoms with van der Waals surface area (Å²) in [5.41, 5.74) is 0. The SMILES string of the molecule is CCCCCCCC/C=C\CCCCCCCCCCCC(=O)O[SiH3]. The molecule has 0 aromatic carbocycles. The van der Waals surface area contributed by atoms with E-state index in [4.69, 9.17) is 4.43 Å². The molecule has 0 atom stereocenters. The van der Waals surface area contributed by atoms with Crippen molar-refractivity contribution in [1.82, 2.24) is 0 Å². The molecule has 0 heterocycles. The van der Waals surface area contributed by atoms with Crippen LogP contribution in [0, 0.1) is 0 Å². The van der Waals surface area contributed by atoms with E-state index in [1.807, 2.05) is 0 Å². The van der Waals surface area contributed by atoms with Crippen molar-refractivity contribution in [2.75, 3.05) is 0 Å². The van der Waals surface area contributed by atoms with Crippen LogP contribution in [0.4, 0.5) is 0 Å². The van der Waals surface area contributed by atoms with Gasteiger partial charge in [0.25, 0.3) is 5.97 Å². The summed E-state index contributed by atoms with van der Waals surface area (Å²) in [4.78, 5) is 11.0. The molecule has 0 radical (unpaired) electrons. The molecule has 0 aliphatic carbocycles. The Balaban J connectivity index is 3.08. The zero-order valence-electron chi connectivity index (χ0n) is 17.2. The molecule has 0 amide bonds. The molecule has 0 rings (SSSR count). The smallest absolute Gasteiger partial charge is 0.291 e. The van der Waals surface area contributed by atoms with E-state index in [-0.39, 0.29) is 5.97 Å². The average Bonchev–Trinajstić information content (AvgIpc) is 2.63. The first-order valence-corrected chi connectivity index (χ1v) is 11.8. The number of rotatable bonds is 19. The highest BCUT2D eigenvalue weighted by molar-refractivity contribution is 6.05. The highest BCUT2D eigenvalue weighted by Gasteiger charge is 1.98. The fraction of sp³-hybridized carbons (Fsp3) is 0.864. The number of carbonyl (C=O) groups is 1. The van der Waals surface area contributed by atoms with Gasteiger partial charge in [-0.1, -0.05) is 96.1 Å². The quantitative estimate of drug-likeness (QED) is 0.150. The molecule has 0 saturated heterocycles. The van der Waals surface area contributed by atoms with Gasteiger partial charge in [-0.15, -0.1) is 0 Å². The highest BCUT2D eigenvalue weighted by atomic mass is 28.2. The molecule has 0 spiro atoms. The van der Waals surface area contributed by atoms with E-state index in [0.717, 1.165) is 6.42 Å². The molecule has 0 aliphatic heterocycles. The maximum atomic E-state index is 11.0. The fourth-order valence-corrected chi connectivity index (χ4v) is 3.35. The highest BCUT2D eigenvalue weighted by Crippen LogP contribution is 2.12. The van der Waals surface area contributed by atoms with Crippen LogP contribution in [0.2, 0.25) is 0 Å². The van der Waals surface area contributed by atoms with E-state index in [2.05, 4.69) is 19.1 Å². The van der Waals surface area contributed by atoms with E-state index < -0.39 is 0 Å². The molecule has 148 valence electrons. The summed E-state index contributed by atoms with van der Waals surface area (Å²) in [6, 6.07) is 0. The molecule has 0 fully saturated rings. The van der Waals surface area contributed by atoms with Gasteiger partial charge in [0.1, 0.15) is 0 Å². The van der Waals surface area contributed by atoms with Crippen molar-refractivity contribution in [3.8, 4) is 0 Å². The monoisotopic (exact) mass is 368 g/mol. The van der Waals surface area contributed by atoms with Gasteiger partial charge in [-0.25, -0.2) is 0 Å². The Bertz CT molecular complexity index is 302. The van der Waals surface area contributed by atoms with Crippen LogP contribution in [0.3, 0.4) is 0 Å². The average molecular weight is 369 g/mol. The van der Waals surface area contributed by atoms with Crippen LogP contribution < -0.4 is 0 Å². The number of carbonyl (C=O) groups excluding carboxylic acids is 1. The summed E-state index contributed by atoms with van der Waals surface area (Å²) in [5, 5.41) is 0. The molecule has 3 heteroatoms. The van der Waals surface area contributed by atoms with Crippen LogP contribution in [0.1, 0.15) is 122 Å². The lowest BCUT2D eigenvalue weighted by Crippen LogP contribution is -2.00. The largest absolute Gasteiger partial charge is 0.529 e. The zero-order chi connectivity index (χ0) is 18.4. The Morgan fingerprint density at radius 2 is 1.08 bits per heavy atom. The van der Waals surface area contributed by atoms with Crippen molar-refractivity contribution in [1.29, 1.82) is 0 Å². The molecule has 2 nitrogen and oxygen atoms in total. The van der Waals surface area contributed by atoms with Crippen LogP contribution in [0.15, 0.2) is 12.2 Å². The molecule has 0 unspecified atom stereocenters. The summed E-state index contributed by atoms with van der Waals surface area (Å²) < 4.78 is 4.78. The Labute approximate surface area is 160 Å². The lowest BCUT2D eigenvalue weighted by molar-refractivity contribution is -0.134. The summed E-state index contributed by atoms with van der Waals surface area (Å²) in [5.74, 6) is -0.00677. The Morgan fingerprint density at radius 1 is 0.680 bits per heavy atom. The van der Waals surface area contributed by atoms with Gasteiger partial charge < -0.3 is 4.43 Å². The summed E-state index contributed by atoms with van der Waals surface area (Å²) in [6.45, 7) is 2.28. The van der Waals surface area contributed by atoms with Gasteiger partial charge in [0.15, 0.2) is 0 Å². The van der Waals surface area contributed by atoms with E-state index in [1.54, 1.807) is 0 Å². The lowest BCUT2D eigenvalue weighted by atomic mass is 10.1. The van der Waals surface area contributed by atoms with Gasteiger partial charge in [-0.3, -0.25) is 4.79 Å². The second-order valence-electron chi connectivity index (χ2n) is 7.32. The van der Waals surface area contributed by atoms with Crippen LogP contribution in [0.5, 0.6) is 0 Å². The fourth-order valence-electron chi connectivity index (χ4n) is 3.15. The summed E-state index contributed by atoms with van der Waals surface area (Å²) in [6.07, 6.45) is 28.0. The van der Waals surface area contributed by atoms with Crippen LogP contribution in [0.25, 0.3) is 0 Å². The Morgan fingerprint density at radius 3 is 1.52 bits per heavy atom. The number of allylic oxidation sites excluding steroid dienone is 2. The third-order valence-electron chi connectivity index (χ3n) is 4.87. The van der Waals surface area contributed by atoms with E-state index in [9.17, 15) is 4.79 Å². The van der Waals surface area contributed by atoms with Gasteiger partial charge in [0.05, 0.1) is 0 Å². The molecule has 0 aliphatic rings. The Hall–Kier alpha value is -0.573. The van der Waals surface area contributed by atoms with Gasteiger partial charge in [0.2, 0.25) is 10.5 Å². The number of unbranched alkanes of at least 4 members (excludes halogenated alkanes) is 15. The molecular weight excluding hydrogens is 324 g/mol. The molecule has 0 bridgehead atoms. The minimum Gasteiger partial charge on any atom is -0.529 e. The van der Waals surface area contributed by atoms with Crippen molar-refractivity contribution in [3.05, 3.63) is 12.2 Å². The molecule has 0 aromatic heterocycles. The van der Waals surface area contributed by atoms with E-state index in [0.29, 0.717) is 16.9 Å². The van der Waals surface area contributed by atoms with Gasteiger partial charge in [-0.2, -0.15) is 0 Å². The van der Waals surface area contributed by atoms with Crippen molar-refractivity contribution in [2.24, 2.45) is 0 Å². The third kappa shape index (κ3) is 21.4. The molecule has 0 N–H and O–H groups in total. The second-order valence-corrected chi connectivity index (χ2v) is 7.73. The topological polar surface area (TPSA) is 26.3 Å². The summed E-state index contributed by atoms with van der Waals surface area (Å²) >= 11 is 0. The standard InChI is InChI=1S/C22H44O2Si/c1-2-3-4-5-6-7-8-9-10-11-12-13-14-15-16-17-18-19-20-21-22(23)24-25/h9-10H,2-8,11-21H2,1,25H3/b10-9-. The van der Waals surface area contributed by atoms with Crippen LogP contribution in [-0.2, 0) is 9.22 Å². The minimum absolute atomic E-state index is 0.00677. The molecule has 0 saturated carbocycles. The minimum atomic E-state index is -0.00677. The zero-order valence-corrected chi connectivity index (χ0v) is 19.2. The first kappa shape index (κ1) is 24.4. The third-order valence-corrected chi connectivity index (χ3v) is 5.33. The number of hydrogen-bond acceptors (Lipinski definition) is 2. The van der Waals surface area contributed by atoms with Crippen molar-refractivity contribution in [3.63, 3.8) is 0 Å². The number of hydrogen-bond donors (Lipinski definition) is 0.